The van der Waals surface area contributed by atoms with E-state index in [2.05, 4.69) is 56.6 Å². The molecular weight excluding hydrogens is 492 g/mol. The van der Waals surface area contributed by atoms with Crippen molar-refractivity contribution in [3.8, 4) is 11.5 Å². The smallest absolute Gasteiger partial charge is 0.335 e. The minimum Gasteiger partial charge on any atom is -0.497 e. The van der Waals surface area contributed by atoms with Crippen LogP contribution in [0.25, 0.3) is 0 Å². The third-order valence-corrected chi connectivity index (χ3v) is 8.17. The molecule has 1 unspecified atom stereocenters. The zero-order valence-electron chi connectivity index (χ0n) is 23.7. The van der Waals surface area contributed by atoms with Crippen molar-refractivity contribution in [3.05, 3.63) is 81.9 Å². The second-order valence-corrected chi connectivity index (χ2v) is 11.0. The Bertz CT molecular complexity index is 1360. The van der Waals surface area contributed by atoms with Gasteiger partial charge in [-0.1, -0.05) is 12.1 Å². The highest BCUT2D eigenvalue weighted by Gasteiger charge is 2.45. The summed E-state index contributed by atoms with van der Waals surface area (Å²) in [5, 5.41) is 9.20. The second-order valence-electron chi connectivity index (χ2n) is 11.0. The van der Waals surface area contributed by atoms with Crippen LogP contribution >= 0.6 is 0 Å². The Morgan fingerprint density at radius 1 is 0.923 bits per heavy atom. The van der Waals surface area contributed by atoms with Crippen LogP contribution in [-0.4, -0.2) is 50.0 Å². The lowest BCUT2D eigenvalue weighted by Crippen LogP contribution is -2.47. The van der Waals surface area contributed by atoms with Gasteiger partial charge in [0.25, 0.3) is 0 Å². The van der Waals surface area contributed by atoms with Crippen molar-refractivity contribution in [1.82, 2.24) is 0 Å². The Hall–Kier alpha value is -3.71. The molecule has 7 heteroatoms. The molecule has 3 aromatic carbocycles. The highest BCUT2D eigenvalue weighted by molar-refractivity contribution is 5.87. The number of carboxylic acids is 1. The molecule has 0 aliphatic carbocycles. The molecule has 7 nitrogen and oxygen atoms in total. The third kappa shape index (κ3) is 5.03. The summed E-state index contributed by atoms with van der Waals surface area (Å²) < 4.78 is 18.4. The number of anilines is 2. The van der Waals surface area contributed by atoms with Crippen molar-refractivity contribution >= 4 is 17.3 Å². The number of fused-ring (bicyclic) bond motifs is 1. The molecule has 5 rings (SSSR count). The van der Waals surface area contributed by atoms with E-state index in [4.69, 9.17) is 14.2 Å². The van der Waals surface area contributed by atoms with E-state index in [9.17, 15) is 9.90 Å². The van der Waals surface area contributed by atoms with Crippen molar-refractivity contribution in [2.24, 2.45) is 0 Å². The molecular formula is C32H38N2O5. The maximum absolute atomic E-state index is 11.2. The number of ether oxygens (including phenoxy) is 3. The summed E-state index contributed by atoms with van der Waals surface area (Å²) >= 11 is 0. The van der Waals surface area contributed by atoms with E-state index in [0.717, 1.165) is 54.4 Å². The zero-order chi connectivity index (χ0) is 27.9. The van der Waals surface area contributed by atoms with E-state index in [-0.39, 0.29) is 11.7 Å². The number of nitrogens with zero attached hydrogens (tertiary/aromatic N) is 2. The van der Waals surface area contributed by atoms with E-state index < -0.39 is 11.6 Å². The number of aromatic carboxylic acids is 1. The normalized spacial score (nSPS) is 18.1. The number of benzene rings is 3. The number of methoxy groups -OCH3 is 1. The summed E-state index contributed by atoms with van der Waals surface area (Å²) in [5.74, 6) is 0.874. The van der Waals surface area contributed by atoms with E-state index in [1.54, 1.807) is 19.2 Å². The van der Waals surface area contributed by atoms with Crippen molar-refractivity contribution in [2.45, 2.75) is 52.9 Å². The summed E-state index contributed by atoms with van der Waals surface area (Å²) in [7, 11) is 1.69. The molecule has 3 aromatic rings. The molecule has 0 saturated carbocycles. The van der Waals surface area contributed by atoms with Crippen LogP contribution in [0.4, 0.5) is 11.4 Å². The van der Waals surface area contributed by atoms with Crippen LogP contribution in [0.5, 0.6) is 11.5 Å². The summed E-state index contributed by atoms with van der Waals surface area (Å²) in [6.07, 6.45) is -0.245. The van der Waals surface area contributed by atoms with Gasteiger partial charge in [-0.3, -0.25) is 0 Å². The molecule has 1 atom stereocenters. The predicted molar refractivity (Wildman–Crippen MR) is 154 cm³/mol. The first-order valence-electron chi connectivity index (χ1n) is 13.5. The first kappa shape index (κ1) is 26.9. The van der Waals surface area contributed by atoms with Gasteiger partial charge in [0, 0.05) is 43.1 Å². The zero-order valence-corrected chi connectivity index (χ0v) is 23.7. The van der Waals surface area contributed by atoms with Crippen LogP contribution in [0.1, 0.15) is 58.1 Å². The van der Waals surface area contributed by atoms with E-state index in [1.165, 1.54) is 22.5 Å². The fourth-order valence-corrected chi connectivity index (χ4v) is 5.90. The highest BCUT2D eigenvalue weighted by atomic mass is 16.6. The molecule has 2 heterocycles. The molecule has 39 heavy (non-hydrogen) atoms. The van der Waals surface area contributed by atoms with Crippen molar-refractivity contribution < 1.29 is 24.1 Å². The molecule has 206 valence electrons. The van der Waals surface area contributed by atoms with Gasteiger partial charge in [-0.05, 0) is 93.3 Å². The van der Waals surface area contributed by atoms with Crippen LogP contribution in [0.2, 0.25) is 0 Å². The van der Waals surface area contributed by atoms with E-state index >= 15 is 0 Å². The summed E-state index contributed by atoms with van der Waals surface area (Å²) in [5.41, 5.74) is 7.92. The molecule has 0 aromatic heterocycles. The predicted octanol–water partition coefficient (Wildman–Crippen LogP) is 6.07. The monoisotopic (exact) mass is 530 g/mol. The Morgan fingerprint density at radius 2 is 1.54 bits per heavy atom. The second kappa shape index (κ2) is 10.5. The minimum atomic E-state index is -0.930. The van der Waals surface area contributed by atoms with Gasteiger partial charge in [-0.15, -0.1) is 0 Å². The fourth-order valence-electron chi connectivity index (χ4n) is 5.90. The standard InChI is InChI=1S/C32H38N2O5/c1-20-21(2)29-27(30(32(4,5)39-29)38-19-23-7-9-24(10-8-23)31(35)36)22(3)28(20)34-17-15-33(16-18-34)25-11-13-26(37-6)14-12-25/h7-14,30H,15-19H2,1-6H3,(H,35,36). The molecule has 1 fully saturated rings. The SMILES string of the molecule is COc1ccc(N2CCN(c3c(C)c(C)c4c(c3C)C(OCc3ccc(C(=O)O)cc3)C(C)(C)O4)CC2)cc1. The molecule has 0 radical (unpaired) electrons. The summed E-state index contributed by atoms with van der Waals surface area (Å²) in [4.78, 5) is 16.1. The van der Waals surface area contributed by atoms with Gasteiger partial charge in [-0.25, -0.2) is 4.79 Å². The Labute approximate surface area is 230 Å². The average Bonchev–Trinajstić information content (AvgIpc) is 3.21. The van der Waals surface area contributed by atoms with Crippen LogP contribution in [0.3, 0.4) is 0 Å². The van der Waals surface area contributed by atoms with Crippen LogP contribution < -0.4 is 19.3 Å². The van der Waals surface area contributed by atoms with Gasteiger partial charge in [0.05, 0.1) is 19.3 Å². The highest BCUT2D eigenvalue weighted by Crippen LogP contribution is 2.52. The number of carbonyl (C=O) groups is 1. The first-order valence-corrected chi connectivity index (χ1v) is 13.5. The van der Waals surface area contributed by atoms with Gasteiger partial charge < -0.3 is 29.1 Å². The summed E-state index contributed by atoms with van der Waals surface area (Å²) in [6, 6.07) is 15.1. The number of rotatable bonds is 7. The average molecular weight is 531 g/mol. The number of piperazine rings is 1. The van der Waals surface area contributed by atoms with Crippen LogP contribution in [0, 0.1) is 20.8 Å². The Morgan fingerprint density at radius 3 is 2.13 bits per heavy atom. The number of carboxylic acid groups (broad SMARTS) is 1. The minimum absolute atomic E-state index is 0.245. The maximum atomic E-state index is 11.2. The van der Waals surface area contributed by atoms with Gasteiger partial charge in [-0.2, -0.15) is 0 Å². The molecule has 0 bridgehead atoms. The lowest BCUT2D eigenvalue weighted by molar-refractivity contribution is -0.0600. The van der Waals surface area contributed by atoms with E-state index in [0.29, 0.717) is 6.61 Å². The molecule has 0 spiro atoms. The molecule has 1 N–H and O–H groups in total. The Balaban J connectivity index is 1.38. The number of hydrogen-bond donors (Lipinski definition) is 1. The van der Waals surface area contributed by atoms with Crippen molar-refractivity contribution in [1.29, 1.82) is 0 Å². The molecule has 2 aliphatic heterocycles. The molecule has 2 aliphatic rings. The molecule has 0 amide bonds. The van der Waals surface area contributed by atoms with Crippen LogP contribution in [0.15, 0.2) is 48.5 Å². The van der Waals surface area contributed by atoms with Gasteiger partial charge >= 0.3 is 5.97 Å². The third-order valence-electron chi connectivity index (χ3n) is 8.17. The van der Waals surface area contributed by atoms with Gasteiger partial charge in [0.2, 0.25) is 0 Å². The lowest BCUT2D eigenvalue weighted by Gasteiger charge is -2.39. The maximum Gasteiger partial charge on any atom is 0.335 e. The Kier molecular flexibility index (Phi) is 7.21. The van der Waals surface area contributed by atoms with Crippen LogP contribution in [-0.2, 0) is 11.3 Å². The van der Waals surface area contributed by atoms with Gasteiger partial charge in [0.15, 0.2) is 0 Å². The lowest BCUT2D eigenvalue weighted by atomic mass is 9.89. The van der Waals surface area contributed by atoms with Gasteiger partial charge in [0.1, 0.15) is 23.2 Å². The molecule has 1 saturated heterocycles. The largest absolute Gasteiger partial charge is 0.497 e. The van der Waals surface area contributed by atoms with E-state index in [1.807, 2.05) is 24.3 Å². The number of hydrogen-bond acceptors (Lipinski definition) is 6. The fraction of sp³-hybridized carbons (Fsp3) is 0.406. The van der Waals surface area contributed by atoms with Crippen molar-refractivity contribution in [2.75, 3.05) is 43.1 Å². The van der Waals surface area contributed by atoms with Crippen molar-refractivity contribution in [3.63, 3.8) is 0 Å². The topological polar surface area (TPSA) is 71.5 Å². The first-order chi connectivity index (χ1) is 18.6. The quantitative estimate of drug-likeness (QED) is 0.397. The summed E-state index contributed by atoms with van der Waals surface area (Å²) in [6.45, 7) is 14.8.